The molecule has 0 aromatic heterocycles. The fourth-order valence-electron chi connectivity index (χ4n) is 2.06. The monoisotopic (exact) mass is 235 g/mol. The molecule has 1 unspecified atom stereocenters. The van der Waals surface area contributed by atoms with Crippen molar-refractivity contribution in [3.8, 4) is 0 Å². The highest BCUT2D eigenvalue weighted by atomic mass is 32.2. The summed E-state index contributed by atoms with van der Waals surface area (Å²) in [6, 6.07) is 8.31. The first-order valence-corrected chi connectivity index (χ1v) is 6.67. The molecule has 0 aliphatic carbocycles. The van der Waals surface area contributed by atoms with Crippen molar-refractivity contribution < 1.29 is 4.79 Å². The Kier molecular flexibility index (Phi) is 3.54. The molecular formula is C13H17NOS. The minimum absolute atomic E-state index is 0.0947. The van der Waals surface area contributed by atoms with Crippen LogP contribution in [0, 0.1) is 0 Å². The van der Waals surface area contributed by atoms with Crippen molar-refractivity contribution in [2.24, 2.45) is 0 Å². The summed E-state index contributed by atoms with van der Waals surface area (Å²) in [4.78, 5) is 15.4. The maximum Gasteiger partial charge on any atom is 0.236 e. The van der Waals surface area contributed by atoms with Crippen LogP contribution >= 0.6 is 11.8 Å². The molecule has 0 saturated heterocycles. The molecule has 2 nitrogen and oxygen atoms in total. The van der Waals surface area contributed by atoms with E-state index < -0.39 is 0 Å². The van der Waals surface area contributed by atoms with Gasteiger partial charge in [-0.3, -0.25) is 4.79 Å². The van der Waals surface area contributed by atoms with Gasteiger partial charge in [-0.2, -0.15) is 0 Å². The highest BCUT2D eigenvalue weighted by molar-refractivity contribution is 8.01. The average Bonchev–Trinajstić information content (AvgIpc) is 2.74. The SMILES string of the molecule is CCN(CC)C(=O)C1Cc2ccccc2S1. The van der Waals surface area contributed by atoms with Crippen molar-refractivity contribution in [3.63, 3.8) is 0 Å². The number of hydrogen-bond acceptors (Lipinski definition) is 2. The molecule has 0 N–H and O–H groups in total. The molecule has 3 heteroatoms. The third-order valence-electron chi connectivity index (χ3n) is 3.00. The number of amides is 1. The molecule has 2 rings (SSSR count). The number of carbonyl (C=O) groups is 1. The third kappa shape index (κ3) is 2.09. The molecule has 16 heavy (non-hydrogen) atoms. The van der Waals surface area contributed by atoms with Gasteiger partial charge in [0.2, 0.25) is 5.91 Å². The van der Waals surface area contributed by atoms with Crippen LogP contribution in [0.1, 0.15) is 19.4 Å². The topological polar surface area (TPSA) is 20.3 Å². The van der Waals surface area contributed by atoms with Crippen LogP contribution in [-0.2, 0) is 11.2 Å². The van der Waals surface area contributed by atoms with Gasteiger partial charge in [0.05, 0.1) is 5.25 Å². The second-order valence-corrected chi connectivity index (χ2v) is 5.17. The van der Waals surface area contributed by atoms with Crippen LogP contribution in [0.3, 0.4) is 0 Å². The number of carbonyl (C=O) groups excluding carboxylic acids is 1. The Bertz CT molecular complexity index is 362. The molecule has 86 valence electrons. The van der Waals surface area contributed by atoms with E-state index >= 15 is 0 Å². The van der Waals surface area contributed by atoms with Gasteiger partial charge >= 0.3 is 0 Å². The quantitative estimate of drug-likeness (QED) is 0.802. The van der Waals surface area contributed by atoms with Crippen LogP contribution < -0.4 is 0 Å². The zero-order valence-electron chi connectivity index (χ0n) is 9.77. The highest BCUT2D eigenvalue weighted by Crippen LogP contribution is 2.37. The second-order valence-electron chi connectivity index (χ2n) is 3.93. The van der Waals surface area contributed by atoms with Crippen LogP contribution in [0.25, 0.3) is 0 Å². The van der Waals surface area contributed by atoms with Gasteiger partial charge in [0, 0.05) is 18.0 Å². The van der Waals surface area contributed by atoms with E-state index in [1.54, 1.807) is 11.8 Å². The average molecular weight is 235 g/mol. The normalized spacial score (nSPS) is 18.2. The lowest BCUT2D eigenvalue weighted by atomic mass is 10.1. The first kappa shape index (κ1) is 11.5. The van der Waals surface area contributed by atoms with Crippen LogP contribution in [0.15, 0.2) is 29.2 Å². The minimum atomic E-state index is 0.0947. The van der Waals surface area contributed by atoms with Gasteiger partial charge in [-0.15, -0.1) is 11.8 Å². The van der Waals surface area contributed by atoms with Gasteiger partial charge in [-0.25, -0.2) is 0 Å². The number of rotatable bonds is 3. The smallest absolute Gasteiger partial charge is 0.236 e. The zero-order chi connectivity index (χ0) is 11.5. The summed E-state index contributed by atoms with van der Waals surface area (Å²) in [6.45, 7) is 5.69. The number of nitrogens with zero attached hydrogens (tertiary/aromatic N) is 1. The van der Waals surface area contributed by atoms with Gasteiger partial charge in [-0.05, 0) is 31.9 Å². The Morgan fingerprint density at radius 1 is 1.38 bits per heavy atom. The van der Waals surface area contributed by atoms with E-state index in [1.165, 1.54) is 10.5 Å². The first-order valence-electron chi connectivity index (χ1n) is 5.79. The molecule has 0 fully saturated rings. The molecule has 1 aromatic rings. The van der Waals surface area contributed by atoms with Crippen molar-refractivity contribution in [3.05, 3.63) is 29.8 Å². The van der Waals surface area contributed by atoms with E-state index in [-0.39, 0.29) is 11.2 Å². The predicted molar refractivity (Wildman–Crippen MR) is 67.7 cm³/mol. The van der Waals surface area contributed by atoms with Crippen molar-refractivity contribution in [1.82, 2.24) is 4.90 Å². The highest BCUT2D eigenvalue weighted by Gasteiger charge is 2.30. The Hall–Kier alpha value is -0.960. The van der Waals surface area contributed by atoms with E-state index in [9.17, 15) is 4.79 Å². The molecular weight excluding hydrogens is 218 g/mol. The van der Waals surface area contributed by atoms with Crippen molar-refractivity contribution >= 4 is 17.7 Å². The van der Waals surface area contributed by atoms with Crippen LogP contribution in [0.5, 0.6) is 0 Å². The summed E-state index contributed by atoms with van der Waals surface area (Å²) < 4.78 is 0. The number of hydrogen-bond donors (Lipinski definition) is 0. The van der Waals surface area contributed by atoms with Crippen LogP contribution in [0.2, 0.25) is 0 Å². The fraction of sp³-hybridized carbons (Fsp3) is 0.462. The third-order valence-corrected chi connectivity index (χ3v) is 4.30. The van der Waals surface area contributed by atoms with E-state index in [1.807, 2.05) is 30.9 Å². The summed E-state index contributed by atoms with van der Waals surface area (Å²) in [6.07, 6.45) is 0.885. The number of fused-ring (bicyclic) bond motifs is 1. The lowest BCUT2D eigenvalue weighted by Crippen LogP contribution is -2.37. The second kappa shape index (κ2) is 4.91. The number of benzene rings is 1. The maximum atomic E-state index is 12.2. The van der Waals surface area contributed by atoms with Gasteiger partial charge in [0.1, 0.15) is 0 Å². The van der Waals surface area contributed by atoms with E-state index in [0.717, 1.165) is 19.5 Å². The lowest BCUT2D eigenvalue weighted by molar-refractivity contribution is -0.130. The van der Waals surface area contributed by atoms with Gasteiger partial charge < -0.3 is 4.90 Å². The lowest BCUT2D eigenvalue weighted by Gasteiger charge is -2.21. The Balaban J connectivity index is 2.08. The molecule has 0 saturated carbocycles. The summed E-state index contributed by atoms with van der Waals surface area (Å²) in [5.41, 5.74) is 1.32. The fourth-order valence-corrected chi connectivity index (χ4v) is 3.34. The zero-order valence-corrected chi connectivity index (χ0v) is 10.6. The van der Waals surface area contributed by atoms with Crippen LogP contribution in [-0.4, -0.2) is 29.1 Å². The van der Waals surface area contributed by atoms with Crippen molar-refractivity contribution in [2.75, 3.05) is 13.1 Å². The summed E-state index contributed by atoms with van der Waals surface area (Å²) in [7, 11) is 0. The molecule has 0 radical (unpaired) electrons. The molecule has 0 bridgehead atoms. The molecule has 1 aliphatic rings. The standard InChI is InChI=1S/C13H17NOS/c1-3-14(4-2)13(15)12-9-10-7-5-6-8-11(10)16-12/h5-8,12H,3-4,9H2,1-2H3. The molecule has 1 atom stereocenters. The molecule has 1 heterocycles. The van der Waals surface area contributed by atoms with E-state index in [4.69, 9.17) is 0 Å². The molecule has 1 aliphatic heterocycles. The first-order chi connectivity index (χ1) is 7.76. The summed E-state index contributed by atoms with van der Waals surface area (Å²) in [5, 5.41) is 0.0947. The van der Waals surface area contributed by atoms with Gasteiger partial charge in [0.15, 0.2) is 0 Å². The largest absolute Gasteiger partial charge is 0.342 e. The summed E-state index contributed by atoms with van der Waals surface area (Å²) in [5.74, 6) is 0.284. The molecule has 1 aromatic carbocycles. The van der Waals surface area contributed by atoms with Gasteiger partial charge in [0.25, 0.3) is 0 Å². The van der Waals surface area contributed by atoms with Crippen molar-refractivity contribution in [1.29, 1.82) is 0 Å². The molecule has 1 amide bonds. The van der Waals surface area contributed by atoms with E-state index in [0.29, 0.717) is 0 Å². The Morgan fingerprint density at radius 3 is 2.69 bits per heavy atom. The Morgan fingerprint density at radius 2 is 2.06 bits per heavy atom. The van der Waals surface area contributed by atoms with Crippen LogP contribution in [0.4, 0.5) is 0 Å². The minimum Gasteiger partial charge on any atom is -0.342 e. The number of thioether (sulfide) groups is 1. The molecule has 0 spiro atoms. The van der Waals surface area contributed by atoms with Gasteiger partial charge in [-0.1, -0.05) is 18.2 Å². The van der Waals surface area contributed by atoms with Crippen molar-refractivity contribution in [2.45, 2.75) is 30.4 Å². The Labute approximate surface area is 101 Å². The van der Waals surface area contributed by atoms with E-state index in [2.05, 4.69) is 12.1 Å². The maximum absolute atomic E-state index is 12.2. The predicted octanol–water partition coefficient (Wildman–Crippen LogP) is 2.57. The summed E-state index contributed by atoms with van der Waals surface area (Å²) >= 11 is 1.71.